The molecule has 0 aliphatic heterocycles. The van der Waals surface area contributed by atoms with Crippen molar-refractivity contribution in [2.24, 2.45) is 0 Å². The largest absolute Gasteiger partial charge is 0.379 e. The predicted molar refractivity (Wildman–Crippen MR) is 62.2 cm³/mol. The van der Waals surface area contributed by atoms with E-state index in [4.69, 9.17) is 9.47 Å². The number of hydrogen-bond donors (Lipinski definition) is 1. The highest BCUT2D eigenvalue weighted by atomic mass is 16.5. The Morgan fingerprint density at radius 2 is 2.07 bits per heavy atom. The van der Waals surface area contributed by atoms with Crippen LogP contribution in [0.15, 0.2) is 0 Å². The van der Waals surface area contributed by atoms with Crippen LogP contribution in [0, 0.1) is 0 Å². The minimum atomic E-state index is 0.407. The van der Waals surface area contributed by atoms with Gasteiger partial charge in [0, 0.05) is 12.6 Å². The molecule has 0 bridgehead atoms. The molecule has 0 radical (unpaired) electrons. The van der Waals surface area contributed by atoms with Crippen LogP contribution in [0.2, 0.25) is 0 Å². The molecule has 0 amide bonds. The highest BCUT2D eigenvalue weighted by molar-refractivity contribution is 4.82. The first kappa shape index (κ1) is 12.9. The Hall–Kier alpha value is -0.120. The maximum absolute atomic E-state index is 5.80. The Morgan fingerprint density at radius 3 is 2.80 bits per heavy atom. The maximum Gasteiger partial charge on any atom is 0.0729 e. The molecule has 2 unspecified atom stereocenters. The summed E-state index contributed by atoms with van der Waals surface area (Å²) >= 11 is 0. The van der Waals surface area contributed by atoms with E-state index >= 15 is 0 Å². The van der Waals surface area contributed by atoms with Crippen LogP contribution in [0.25, 0.3) is 0 Å². The van der Waals surface area contributed by atoms with Crippen LogP contribution >= 0.6 is 0 Å². The molecular formula is C12H25NO2. The van der Waals surface area contributed by atoms with Gasteiger partial charge in [0.1, 0.15) is 0 Å². The summed E-state index contributed by atoms with van der Waals surface area (Å²) in [5, 5.41) is 3.31. The monoisotopic (exact) mass is 215 g/mol. The van der Waals surface area contributed by atoms with Gasteiger partial charge in [-0.25, -0.2) is 0 Å². The lowest BCUT2D eigenvalue weighted by Gasteiger charge is -2.19. The van der Waals surface area contributed by atoms with Gasteiger partial charge >= 0.3 is 0 Å². The number of nitrogens with one attached hydrogen (secondary N) is 1. The van der Waals surface area contributed by atoms with E-state index in [0.29, 0.717) is 12.1 Å². The van der Waals surface area contributed by atoms with Crippen molar-refractivity contribution in [1.29, 1.82) is 0 Å². The number of hydrogen-bond acceptors (Lipinski definition) is 3. The third-order valence-corrected chi connectivity index (χ3v) is 3.03. The van der Waals surface area contributed by atoms with Crippen LogP contribution in [-0.2, 0) is 9.47 Å². The molecule has 0 aromatic rings. The Labute approximate surface area is 93.5 Å². The first-order valence-electron chi connectivity index (χ1n) is 6.25. The minimum absolute atomic E-state index is 0.407. The van der Waals surface area contributed by atoms with Crippen molar-refractivity contribution in [3.05, 3.63) is 0 Å². The molecule has 2 atom stereocenters. The van der Waals surface area contributed by atoms with Gasteiger partial charge in [0.05, 0.1) is 19.3 Å². The van der Waals surface area contributed by atoms with Crippen molar-refractivity contribution in [2.75, 3.05) is 26.9 Å². The van der Waals surface area contributed by atoms with Crippen molar-refractivity contribution >= 4 is 0 Å². The quantitative estimate of drug-likeness (QED) is 0.628. The van der Waals surface area contributed by atoms with Gasteiger partial charge in [-0.3, -0.25) is 0 Å². The SMILES string of the molecule is CCCCOCCOC1CCCC1NC. The number of likely N-dealkylation sites (N-methyl/N-ethyl adjacent to an activating group) is 1. The summed E-state index contributed by atoms with van der Waals surface area (Å²) in [5.41, 5.74) is 0. The molecule has 1 fully saturated rings. The van der Waals surface area contributed by atoms with Crippen LogP contribution in [0.5, 0.6) is 0 Å². The molecule has 3 nitrogen and oxygen atoms in total. The Bertz CT molecular complexity index is 153. The van der Waals surface area contributed by atoms with Crippen LogP contribution in [-0.4, -0.2) is 39.0 Å². The van der Waals surface area contributed by atoms with E-state index in [0.717, 1.165) is 26.2 Å². The van der Waals surface area contributed by atoms with Gasteiger partial charge in [-0.1, -0.05) is 13.3 Å². The molecular weight excluding hydrogens is 190 g/mol. The summed E-state index contributed by atoms with van der Waals surface area (Å²) in [6.45, 7) is 4.54. The molecule has 90 valence electrons. The van der Waals surface area contributed by atoms with Gasteiger partial charge < -0.3 is 14.8 Å². The van der Waals surface area contributed by atoms with Gasteiger partial charge in [0.25, 0.3) is 0 Å². The molecule has 0 spiro atoms. The molecule has 0 aromatic carbocycles. The smallest absolute Gasteiger partial charge is 0.0729 e. The van der Waals surface area contributed by atoms with Crippen LogP contribution in [0.1, 0.15) is 39.0 Å². The zero-order valence-electron chi connectivity index (χ0n) is 10.1. The van der Waals surface area contributed by atoms with E-state index in [1.54, 1.807) is 0 Å². The highest BCUT2D eigenvalue weighted by Gasteiger charge is 2.25. The molecule has 1 rings (SSSR count). The summed E-state index contributed by atoms with van der Waals surface area (Å²) in [5.74, 6) is 0. The van der Waals surface area contributed by atoms with E-state index < -0.39 is 0 Å². The predicted octanol–water partition coefficient (Wildman–Crippen LogP) is 1.96. The zero-order chi connectivity index (χ0) is 10.9. The second-order valence-corrected chi connectivity index (χ2v) is 4.20. The molecule has 1 saturated carbocycles. The Kier molecular flexibility index (Phi) is 6.98. The molecule has 1 N–H and O–H groups in total. The van der Waals surface area contributed by atoms with E-state index in [9.17, 15) is 0 Å². The van der Waals surface area contributed by atoms with Crippen molar-refractivity contribution in [3.8, 4) is 0 Å². The van der Waals surface area contributed by atoms with Crippen molar-refractivity contribution in [3.63, 3.8) is 0 Å². The third-order valence-electron chi connectivity index (χ3n) is 3.03. The molecule has 1 aliphatic rings. The minimum Gasteiger partial charge on any atom is -0.379 e. The highest BCUT2D eigenvalue weighted by Crippen LogP contribution is 2.21. The summed E-state index contributed by atoms with van der Waals surface area (Å²) < 4.78 is 11.3. The Balaban J connectivity index is 1.95. The van der Waals surface area contributed by atoms with Gasteiger partial charge in [-0.05, 0) is 32.7 Å². The average molecular weight is 215 g/mol. The van der Waals surface area contributed by atoms with Gasteiger partial charge in [-0.15, -0.1) is 0 Å². The van der Waals surface area contributed by atoms with Crippen LogP contribution in [0.3, 0.4) is 0 Å². The molecule has 0 saturated heterocycles. The van der Waals surface area contributed by atoms with Crippen LogP contribution < -0.4 is 5.32 Å². The number of rotatable bonds is 8. The fourth-order valence-corrected chi connectivity index (χ4v) is 2.06. The Morgan fingerprint density at radius 1 is 1.20 bits per heavy atom. The second-order valence-electron chi connectivity index (χ2n) is 4.20. The number of unbranched alkanes of at least 4 members (excludes halogenated alkanes) is 1. The van der Waals surface area contributed by atoms with Crippen molar-refractivity contribution in [2.45, 2.75) is 51.2 Å². The average Bonchev–Trinajstić information content (AvgIpc) is 2.70. The summed E-state index contributed by atoms with van der Waals surface area (Å²) in [4.78, 5) is 0. The fraction of sp³-hybridized carbons (Fsp3) is 1.00. The summed E-state index contributed by atoms with van der Waals surface area (Å²) in [6.07, 6.45) is 6.49. The van der Waals surface area contributed by atoms with Crippen LogP contribution in [0.4, 0.5) is 0 Å². The molecule has 0 aromatic heterocycles. The van der Waals surface area contributed by atoms with Gasteiger partial charge in [-0.2, -0.15) is 0 Å². The van der Waals surface area contributed by atoms with Crippen molar-refractivity contribution in [1.82, 2.24) is 5.32 Å². The lowest BCUT2D eigenvalue weighted by molar-refractivity contribution is -0.00229. The molecule has 15 heavy (non-hydrogen) atoms. The molecule has 0 heterocycles. The first-order valence-corrected chi connectivity index (χ1v) is 6.25. The fourth-order valence-electron chi connectivity index (χ4n) is 2.06. The summed E-state index contributed by atoms with van der Waals surface area (Å²) in [6, 6.07) is 0.556. The van der Waals surface area contributed by atoms with Gasteiger partial charge in [0.15, 0.2) is 0 Å². The molecule has 1 aliphatic carbocycles. The number of ether oxygens (including phenoxy) is 2. The lowest BCUT2D eigenvalue weighted by Crippen LogP contribution is -2.35. The first-order chi connectivity index (χ1) is 7.38. The third kappa shape index (κ3) is 4.96. The van der Waals surface area contributed by atoms with E-state index in [2.05, 4.69) is 12.2 Å². The van der Waals surface area contributed by atoms with Gasteiger partial charge in [0.2, 0.25) is 0 Å². The summed E-state index contributed by atoms with van der Waals surface area (Å²) in [7, 11) is 2.02. The standard InChI is InChI=1S/C12H25NO2/c1-3-4-8-14-9-10-15-12-7-5-6-11(12)13-2/h11-13H,3-10H2,1-2H3. The lowest BCUT2D eigenvalue weighted by atomic mass is 10.2. The second kappa shape index (κ2) is 8.08. The van der Waals surface area contributed by atoms with E-state index in [1.165, 1.54) is 25.7 Å². The topological polar surface area (TPSA) is 30.5 Å². The maximum atomic E-state index is 5.80. The van der Waals surface area contributed by atoms with E-state index in [1.807, 2.05) is 7.05 Å². The molecule has 3 heteroatoms. The zero-order valence-corrected chi connectivity index (χ0v) is 10.1. The van der Waals surface area contributed by atoms with E-state index in [-0.39, 0.29) is 0 Å². The normalized spacial score (nSPS) is 26.0. The van der Waals surface area contributed by atoms with Crippen molar-refractivity contribution < 1.29 is 9.47 Å².